The molecule has 0 saturated heterocycles. The van der Waals surface area contributed by atoms with Gasteiger partial charge >= 0.3 is 0 Å². The molecular formula is C22H28BrNO3. The van der Waals surface area contributed by atoms with E-state index in [1.54, 1.807) is 0 Å². The summed E-state index contributed by atoms with van der Waals surface area (Å²) in [4.78, 5) is 12.1. The third-order valence-electron chi connectivity index (χ3n) is 4.55. The molecule has 27 heavy (non-hydrogen) atoms. The normalized spacial score (nSPS) is 12.9. The number of halogens is 1. The number of benzene rings is 2. The van der Waals surface area contributed by atoms with Crippen molar-refractivity contribution < 1.29 is 14.3 Å². The van der Waals surface area contributed by atoms with Gasteiger partial charge in [-0.3, -0.25) is 4.79 Å². The van der Waals surface area contributed by atoms with Crippen LogP contribution in [0.25, 0.3) is 0 Å². The van der Waals surface area contributed by atoms with Crippen LogP contribution in [0.1, 0.15) is 52.0 Å². The zero-order chi connectivity index (χ0) is 19.8. The fraction of sp³-hybridized carbons (Fsp3) is 0.409. The molecule has 0 heterocycles. The Hall–Kier alpha value is -2.01. The van der Waals surface area contributed by atoms with Gasteiger partial charge in [0.2, 0.25) is 0 Å². The van der Waals surface area contributed by atoms with Gasteiger partial charge in [0.15, 0.2) is 6.61 Å². The van der Waals surface area contributed by atoms with Crippen LogP contribution < -0.4 is 14.8 Å². The molecule has 2 aromatic carbocycles. The maximum absolute atomic E-state index is 12.1. The summed E-state index contributed by atoms with van der Waals surface area (Å²) in [5.74, 6) is 1.74. The van der Waals surface area contributed by atoms with E-state index in [9.17, 15) is 4.79 Å². The standard InChI is InChI=1S/C22H28BrNO3/c1-5-15(3)17-7-12-21(20(23)13-17)26-14-22(25)24-18-8-10-19(11-9-18)27-16(4)6-2/h7-13,15-16H,5-6,14H2,1-4H3,(H,24,25). The molecule has 0 aliphatic heterocycles. The van der Waals surface area contributed by atoms with E-state index in [0.717, 1.165) is 23.1 Å². The number of amides is 1. The van der Waals surface area contributed by atoms with Crippen LogP contribution >= 0.6 is 15.9 Å². The Labute approximate surface area is 170 Å². The third-order valence-corrected chi connectivity index (χ3v) is 5.17. The Morgan fingerprint density at radius 2 is 1.78 bits per heavy atom. The number of ether oxygens (including phenoxy) is 2. The molecule has 4 nitrogen and oxygen atoms in total. The molecule has 5 heteroatoms. The van der Waals surface area contributed by atoms with Gasteiger partial charge in [-0.1, -0.05) is 26.8 Å². The highest BCUT2D eigenvalue weighted by atomic mass is 79.9. The number of rotatable bonds is 9. The largest absolute Gasteiger partial charge is 0.491 e. The molecule has 1 N–H and O–H groups in total. The van der Waals surface area contributed by atoms with E-state index in [-0.39, 0.29) is 18.6 Å². The minimum absolute atomic E-state index is 0.0492. The average molecular weight is 434 g/mol. The lowest BCUT2D eigenvalue weighted by Crippen LogP contribution is -2.20. The van der Waals surface area contributed by atoms with Crippen molar-refractivity contribution in [2.45, 2.75) is 52.6 Å². The highest BCUT2D eigenvalue weighted by Crippen LogP contribution is 2.30. The van der Waals surface area contributed by atoms with E-state index in [1.807, 2.05) is 43.3 Å². The lowest BCUT2D eigenvalue weighted by molar-refractivity contribution is -0.118. The topological polar surface area (TPSA) is 47.6 Å². The monoisotopic (exact) mass is 433 g/mol. The molecule has 2 rings (SSSR count). The number of anilines is 1. The molecule has 0 aliphatic carbocycles. The van der Waals surface area contributed by atoms with Crippen LogP contribution in [0.2, 0.25) is 0 Å². The molecule has 1 amide bonds. The second-order valence-corrected chi connectivity index (χ2v) is 7.55. The van der Waals surface area contributed by atoms with Gasteiger partial charge in [-0.2, -0.15) is 0 Å². The second-order valence-electron chi connectivity index (χ2n) is 6.70. The van der Waals surface area contributed by atoms with Crippen molar-refractivity contribution in [1.82, 2.24) is 0 Å². The van der Waals surface area contributed by atoms with Gasteiger partial charge in [0.25, 0.3) is 5.91 Å². The number of hydrogen-bond donors (Lipinski definition) is 1. The zero-order valence-electron chi connectivity index (χ0n) is 16.4. The Bertz CT molecular complexity index is 746. The third kappa shape index (κ3) is 6.58. The minimum Gasteiger partial charge on any atom is -0.491 e. The summed E-state index contributed by atoms with van der Waals surface area (Å²) in [6, 6.07) is 13.4. The summed E-state index contributed by atoms with van der Waals surface area (Å²) < 4.78 is 12.2. The smallest absolute Gasteiger partial charge is 0.262 e. The Balaban J connectivity index is 1.87. The van der Waals surface area contributed by atoms with Gasteiger partial charge in [-0.25, -0.2) is 0 Å². The van der Waals surface area contributed by atoms with E-state index in [2.05, 4.69) is 48.1 Å². The van der Waals surface area contributed by atoms with Crippen LogP contribution in [-0.4, -0.2) is 18.6 Å². The summed E-state index contributed by atoms with van der Waals surface area (Å²) in [5, 5.41) is 2.83. The fourth-order valence-corrected chi connectivity index (χ4v) is 2.96. The van der Waals surface area contributed by atoms with E-state index >= 15 is 0 Å². The number of nitrogens with one attached hydrogen (secondary N) is 1. The molecule has 2 atom stereocenters. The van der Waals surface area contributed by atoms with Crippen molar-refractivity contribution in [2.24, 2.45) is 0 Å². The first-order chi connectivity index (χ1) is 12.9. The van der Waals surface area contributed by atoms with Crippen molar-refractivity contribution in [2.75, 3.05) is 11.9 Å². The van der Waals surface area contributed by atoms with Crippen molar-refractivity contribution in [3.8, 4) is 11.5 Å². The van der Waals surface area contributed by atoms with Crippen LogP contribution in [0, 0.1) is 0 Å². The molecule has 0 radical (unpaired) electrons. The van der Waals surface area contributed by atoms with Crippen molar-refractivity contribution in [1.29, 1.82) is 0 Å². The molecule has 146 valence electrons. The Morgan fingerprint density at radius 1 is 1.07 bits per heavy atom. The van der Waals surface area contributed by atoms with Crippen LogP contribution in [0.4, 0.5) is 5.69 Å². The first-order valence-electron chi connectivity index (χ1n) is 9.41. The van der Waals surface area contributed by atoms with E-state index in [1.165, 1.54) is 5.56 Å². The lowest BCUT2D eigenvalue weighted by atomic mass is 9.99. The van der Waals surface area contributed by atoms with Gasteiger partial charge in [0, 0.05) is 5.69 Å². The minimum atomic E-state index is -0.205. The van der Waals surface area contributed by atoms with Gasteiger partial charge in [0.1, 0.15) is 11.5 Å². The predicted octanol–water partition coefficient (Wildman–Crippen LogP) is 6.16. The Morgan fingerprint density at radius 3 is 2.37 bits per heavy atom. The zero-order valence-corrected chi connectivity index (χ0v) is 18.0. The van der Waals surface area contributed by atoms with Gasteiger partial charge in [0.05, 0.1) is 10.6 Å². The Kier molecular flexibility index (Phi) is 8.17. The number of carbonyl (C=O) groups excluding carboxylic acids is 1. The highest BCUT2D eigenvalue weighted by molar-refractivity contribution is 9.10. The van der Waals surface area contributed by atoms with Crippen LogP contribution in [0.15, 0.2) is 46.9 Å². The van der Waals surface area contributed by atoms with Crippen molar-refractivity contribution in [3.05, 3.63) is 52.5 Å². The lowest BCUT2D eigenvalue weighted by Gasteiger charge is -2.14. The first kappa shape index (κ1) is 21.3. The van der Waals surface area contributed by atoms with E-state index < -0.39 is 0 Å². The predicted molar refractivity (Wildman–Crippen MR) is 114 cm³/mol. The van der Waals surface area contributed by atoms with Gasteiger partial charge in [-0.15, -0.1) is 0 Å². The molecule has 0 fully saturated rings. The first-order valence-corrected chi connectivity index (χ1v) is 10.2. The van der Waals surface area contributed by atoms with Gasteiger partial charge in [-0.05, 0) is 83.6 Å². The summed E-state index contributed by atoms with van der Waals surface area (Å²) in [6.07, 6.45) is 2.20. The highest BCUT2D eigenvalue weighted by Gasteiger charge is 2.10. The number of carbonyl (C=O) groups is 1. The molecular weight excluding hydrogens is 406 g/mol. The average Bonchev–Trinajstić information content (AvgIpc) is 2.67. The van der Waals surface area contributed by atoms with Crippen LogP contribution in [0.3, 0.4) is 0 Å². The summed E-state index contributed by atoms with van der Waals surface area (Å²) >= 11 is 3.52. The molecule has 0 saturated carbocycles. The van der Waals surface area contributed by atoms with E-state index in [4.69, 9.17) is 9.47 Å². The van der Waals surface area contributed by atoms with Crippen molar-refractivity contribution >= 4 is 27.5 Å². The summed E-state index contributed by atoms with van der Waals surface area (Å²) in [6.45, 7) is 8.41. The van der Waals surface area contributed by atoms with Crippen LogP contribution in [-0.2, 0) is 4.79 Å². The van der Waals surface area contributed by atoms with Gasteiger partial charge < -0.3 is 14.8 Å². The van der Waals surface area contributed by atoms with Crippen molar-refractivity contribution in [3.63, 3.8) is 0 Å². The molecule has 0 bridgehead atoms. The molecule has 2 aromatic rings. The second kappa shape index (κ2) is 10.4. The summed E-state index contributed by atoms with van der Waals surface area (Å²) in [7, 11) is 0. The molecule has 0 aliphatic rings. The molecule has 0 spiro atoms. The maximum atomic E-state index is 12.1. The quantitative estimate of drug-likeness (QED) is 0.514. The maximum Gasteiger partial charge on any atom is 0.262 e. The SMILES string of the molecule is CCC(C)Oc1ccc(NC(=O)COc2ccc(C(C)CC)cc2Br)cc1. The summed E-state index contributed by atoms with van der Waals surface area (Å²) in [5.41, 5.74) is 1.96. The van der Waals surface area contributed by atoms with Crippen LogP contribution in [0.5, 0.6) is 11.5 Å². The molecule has 2 unspecified atom stereocenters. The molecule has 0 aromatic heterocycles. The number of hydrogen-bond acceptors (Lipinski definition) is 3. The fourth-order valence-electron chi connectivity index (χ4n) is 2.45. The van der Waals surface area contributed by atoms with E-state index in [0.29, 0.717) is 17.4 Å².